The van der Waals surface area contributed by atoms with E-state index < -0.39 is 11.7 Å². The highest BCUT2D eigenvalue weighted by Gasteiger charge is 2.15. The largest absolute Gasteiger partial charge is 0.478 e. The molecule has 1 heterocycles. The van der Waals surface area contributed by atoms with Gasteiger partial charge in [-0.05, 0) is 39.7 Å². The third kappa shape index (κ3) is 12.6. The standard InChI is InChI=1S/C19H33N5O3.HI/c1-6-12-26-16-9-8-15(13-23-16)14-24-17(20-7-2)21-10-11-22-18(25)27-19(3,4)5;/h8-9,13H,6-7,10-12,14H2,1-5H3,(H,22,25)(H2,20,21,24);1H. The van der Waals surface area contributed by atoms with Crippen LogP contribution in [0.2, 0.25) is 0 Å². The number of aliphatic imine (C=N–C) groups is 1. The number of nitrogens with one attached hydrogen (secondary N) is 3. The normalized spacial score (nSPS) is 11.2. The van der Waals surface area contributed by atoms with Gasteiger partial charge in [0.05, 0.1) is 13.2 Å². The first-order valence-corrected chi connectivity index (χ1v) is 9.40. The number of ether oxygens (including phenoxy) is 2. The van der Waals surface area contributed by atoms with Crippen molar-refractivity contribution >= 4 is 36.0 Å². The Bertz CT molecular complexity index is 588. The summed E-state index contributed by atoms with van der Waals surface area (Å²) in [6.45, 7) is 12.4. The number of pyridine rings is 1. The number of hydrogen-bond acceptors (Lipinski definition) is 5. The van der Waals surface area contributed by atoms with Gasteiger partial charge in [-0.15, -0.1) is 24.0 Å². The molecule has 1 aromatic rings. The van der Waals surface area contributed by atoms with Crippen LogP contribution in [0.15, 0.2) is 23.3 Å². The molecule has 0 bridgehead atoms. The Balaban J connectivity index is 0.00000729. The monoisotopic (exact) mass is 507 g/mol. The lowest BCUT2D eigenvalue weighted by atomic mass is 10.2. The van der Waals surface area contributed by atoms with Gasteiger partial charge in [-0.1, -0.05) is 13.0 Å². The maximum absolute atomic E-state index is 11.6. The zero-order valence-electron chi connectivity index (χ0n) is 17.5. The lowest BCUT2D eigenvalue weighted by molar-refractivity contribution is 0.0529. The Morgan fingerprint density at radius 3 is 2.43 bits per heavy atom. The number of guanidine groups is 1. The highest BCUT2D eigenvalue weighted by molar-refractivity contribution is 14.0. The summed E-state index contributed by atoms with van der Waals surface area (Å²) in [5.74, 6) is 1.30. The average Bonchev–Trinajstić information content (AvgIpc) is 2.60. The molecule has 0 aliphatic rings. The molecule has 0 spiro atoms. The molecule has 0 fully saturated rings. The zero-order valence-corrected chi connectivity index (χ0v) is 19.8. The third-order valence-corrected chi connectivity index (χ3v) is 3.10. The van der Waals surface area contributed by atoms with Gasteiger partial charge in [0.1, 0.15) is 5.60 Å². The second-order valence-electron chi connectivity index (χ2n) is 6.90. The molecule has 160 valence electrons. The van der Waals surface area contributed by atoms with Gasteiger partial charge in [0.2, 0.25) is 5.88 Å². The van der Waals surface area contributed by atoms with E-state index in [0.717, 1.165) is 18.5 Å². The minimum Gasteiger partial charge on any atom is -0.478 e. The van der Waals surface area contributed by atoms with Crippen LogP contribution in [0.25, 0.3) is 0 Å². The first-order chi connectivity index (χ1) is 12.8. The van der Waals surface area contributed by atoms with Crippen LogP contribution in [0.5, 0.6) is 5.88 Å². The highest BCUT2D eigenvalue weighted by Crippen LogP contribution is 2.09. The number of carbonyl (C=O) groups excluding carboxylic acids is 1. The second-order valence-corrected chi connectivity index (χ2v) is 6.90. The first kappa shape index (κ1) is 26.2. The Labute approximate surface area is 185 Å². The van der Waals surface area contributed by atoms with Gasteiger partial charge < -0.3 is 25.4 Å². The Kier molecular flexibility index (Phi) is 13.3. The molecule has 1 rings (SSSR count). The molecule has 0 unspecified atom stereocenters. The summed E-state index contributed by atoms with van der Waals surface area (Å²) in [5.41, 5.74) is 0.488. The molecule has 0 saturated heterocycles. The van der Waals surface area contributed by atoms with Crippen LogP contribution in [-0.2, 0) is 11.3 Å². The molecule has 1 amide bonds. The summed E-state index contributed by atoms with van der Waals surface area (Å²) in [6, 6.07) is 3.81. The van der Waals surface area contributed by atoms with Crippen molar-refractivity contribution in [2.75, 3.05) is 26.2 Å². The van der Waals surface area contributed by atoms with Crippen molar-refractivity contribution in [1.29, 1.82) is 0 Å². The molecular weight excluding hydrogens is 473 g/mol. The van der Waals surface area contributed by atoms with E-state index in [1.807, 2.05) is 39.8 Å². The number of amides is 1. The molecule has 0 aliphatic heterocycles. The maximum Gasteiger partial charge on any atom is 0.407 e. The van der Waals surface area contributed by atoms with Crippen molar-refractivity contribution in [3.05, 3.63) is 23.9 Å². The van der Waals surface area contributed by atoms with E-state index in [0.29, 0.717) is 38.1 Å². The highest BCUT2D eigenvalue weighted by atomic mass is 127. The fourth-order valence-corrected chi connectivity index (χ4v) is 1.97. The maximum atomic E-state index is 11.6. The Hall–Kier alpha value is -1.78. The van der Waals surface area contributed by atoms with Gasteiger partial charge in [-0.3, -0.25) is 0 Å². The second kappa shape index (κ2) is 14.3. The van der Waals surface area contributed by atoms with Crippen molar-refractivity contribution in [1.82, 2.24) is 20.9 Å². The number of halogens is 1. The molecule has 28 heavy (non-hydrogen) atoms. The molecule has 3 N–H and O–H groups in total. The van der Waals surface area contributed by atoms with E-state index in [1.54, 1.807) is 6.20 Å². The van der Waals surface area contributed by atoms with Crippen LogP contribution < -0.4 is 20.7 Å². The van der Waals surface area contributed by atoms with Gasteiger partial charge in [0, 0.05) is 31.9 Å². The summed E-state index contributed by atoms with van der Waals surface area (Å²) >= 11 is 0. The van der Waals surface area contributed by atoms with E-state index >= 15 is 0 Å². The zero-order chi connectivity index (χ0) is 20.1. The molecule has 9 heteroatoms. The fourth-order valence-electron chi connectivity index (χ4n) is 1.97. The van der Waals surface area contributed by atoms with E-state index in [1.165, 1.54) is 0 Å². The molecule has 0 aromatic carbocycles. The lowest BCUT2D eigenvalue weighted by Gasteiger charge is -2.19. The number of carbonyl (C=O) groups is 1. The van der Waals surface area contributed by atoms with Gasteiger partial charge in [-0.2, -0.15) is 0 Å². The molecule has 0 atom stereocenters. The van der Waals surface area contributed by atoms with Crippen molar-refractivity contribution < 1.29 is 14.3 Å². The average molecular weight is 507 g/mol. The number of alkyl carbamates (subject to hydrolysis) is 1. The first-order valence-electron chi connectivity index (χ1n) is 9.40. The topological polar surface area (TPSA) is 96.9 Å². The number of rotatable bonds is 9. The quantitative estimate of drug-likeness (QED) is 0.206. The van der Waals surface area contributed by atoms with Gasteiger partial charge >= 0.3 is 6.09 Å². The van der Waals surface area contributed by atoms with E-state index in [-0.39, 0.29) is 24.0 Å². The lowest BCUT2D eigenvalue weighted by Crippen LogP contribution is -2.42. The molecule has 1 aromatic heterocycles. The van der Waals surface area contributed by atoms with Crippen molar-refractivity contribution in [3.8, 4) is 5.88 Å². The van der Waals surface area contributed by atoms with E-state index in [4.69, 9.17) is 9.47 Å². The van der Waals surface area contributed by atoms with Crippen LogP contribution in [0, 0.1) is 0 Å². The van der Waals surface area contributed by atoms with E-state index in [2.05, 4.69) is 32.9 Å². The Morgan fingerprint density at radius 1 is 1.14 bits per heavy atom. The van der Waals surface area contributed by atoms with Crippen LogP contribution in [-0.4, -0.2) is 48.9 Å². The minimum atomic E-state index is -0.501. The number of nitrogens with zero attached hydrogens (tertiary/aromatic N) is 2. The fraction of sp³-hybridized carbons (Fsp3) is 0.632. The smallest absolute Gasteiger partial charge is 0.407 e. The van der Waals surface area contributed by atoms with Gasteiger partial charge in [0.15, 0.2) is 5.96 Å². The molecular formula is C19H34IN5O3. The summed E-state index contributed by atoms with van der Waals surface area (Å²) in [4.78, 5) is 20.4. The molecule has 0 radical (unpaired) electrons. The summed E-state index contributed by atoms with van der Waals surface area (Å²) < 4.78 is 10.7. The van der Waals surface area contributed by atoms with Crippen LogP contribution in [0.1, 0.15) is 46.6 Å². The predicted octanol–water partition coefficient (Wildman–Crippen LogP) is 3.07. The number of hydrogen-bond donors (Lipinski definition) is 3. The van der Waals surface area contributed by atoms with Gasteiger partial charge in [0.25, 0.3) is 0 Å². The van der Waals surface area contributed by atoms with Crippen molar-refractivity contribution in [2.45, 2.75) is 53.2 Å². The third-order valence-electron chi connectivity index (χ3n) is 3.10. The van der Waals surface area contributed by atoms with Crippen LogP contribution in [0.4, 0.5) is 4.79 Å². The summed E-state index contributed by atoms with van der Waals surface area (Å²) in [7, 11) is 0. The molecule has 0 aliphatic carbocycles. The van der Waals surface area contributed by atoms with Gasteiger partial charge in [-0.25, -0.2) is 14.8 Å². The van der Waals surface area contributed by atoms with Crippen molar-refractivity contribution in [2.24, 2.45) is 4.99 Å². The van der Waals surface area contributed by atoms with Crippen LogP contribution in [0.3, 0.4) is 0 Å². The SMILES string of the molecule is CCCOc1ccc(CN=C(NCC)NCCNC(=O)OC(C)(C)C)cn1.I. The minimum absolute atomic E-state index is 0. The van der Waals surface area contributed by atoms with E-state index in [9.17, 15) is 4.79 Å². The number of aromatic nitrogens is 1. The van der Waals surface area contributed by atoms with Crippen LogP contribution >= 0.6 is 24.0 Å². The molecule has 8 nitrogen and oxygen atoms in total. The summed E-state index contributed by atoms with van der Waals surface area (Å²) in [6.07, 6.45) is 2.29. The Morgan fingerprint density at radius 2 is 1.86 bits per heavy atom. The van der Waals surface area contributed by atoms with Crippen molar-refractivity contribution in [3.63, 3.8) is 0 Å². The molecule has 0 saturated carbocycles. The predicted molar refractivity (Wildman–Crippen MR) is 122 cm³/mol. The summed E-state index contributed by atoms with van der Waals surface area (Å²) in [5, 5.41) is 9.04.